The largest absolute Gasteiger partial charge is 0.493 e. The summed E-state index contributed by atoms with van der Waals surface area (Å²) in [6.07, 6.45) is 4.20. The summed E-state index contributed by atoms with van der Waals surface area (Å²) in [5.74, 6) is 1.45. The molecule has 192 valence electrons. The summed E-state index contributed by atoms with van der Waals surface area (Å²) < 4.78 is 17.7. The molecular formula is C26H29N7O4. The van der Waals surface area contributed by atoms with Gasteiger partial charge in [0.15, 0.2) is 11.5 Å². The summed E-state index contributed by atoms with van der Waals surface area (Å²) >= 11 is 0. The second-order valence-electron chi connectivity index (χ2n) is 8.30. The van der Waals surface area contributed by atoms with E-state index in [2.05, 4.69) is 20.1 Å². The Morgan fingerprint density at radius 3 is 2.46 bits per heavy atom. The van der Waals surface area contributed by atoms with Crippen molar-refractivity contribution in [3.8, 4) is 17.4 Å². The fourth-order valence-electron chi connectivity index (χ4n) is 4.13. The lowest BCUT2D eigenvalue weighted by molar-refractivity contribution is 0.201. The zero-order valence-corrected chi connectivity index (χ0v) is 20.9. The van der Waals surface area contributed by atoms with E-state index in [9.17, 15) is 4.79 Å². The highest BCUT2D eigenvalue weighted by atomic mass is 16.5. The van der Waals surface area contributed by atoms with Crippen LogP contribution in [0.25, 0.3) is 5.95 Å². The van der Waals surface area contributed by atoms with E-state index in [1.807, 2.05) is 24.3 Å². The Bertz CT molecular complexity index is 1420. The van der Waals surface area contributed by atoms with Gasteiger partial charge in [0, 0.05) is 36.5 Å². The minimum atomic E-state index is -0.446. The van der Waals surface area contributed by atoms with E-state index < -0.39 is 5.69 Å². The number of hydrogen-bond acceptors (Lipinski definition) is 8. The van der Waals surface area contributed by atoms with Crippen LogP contribution in [0.15, 0.2) is 59.7 Å². The average molecular weight is 504 g/mol. The molecule has 4 N–H and O–H groups in total. The zero-order valence-electron chi connectivity index (χ0n) is 20.9. The highest BCUT2D eigenvalue weighted by Crippen LogP contribution is 2.37. The van der Waals surface area contributed by atoms with Gasteiger partial charge in [0.25, 0.3) is 5.95 Å². The predicted octanol–water partition coefficient (Wildman–Crippen LogP) is 2.22. The van der Waals surface area contributed by atoms with Gasteiger partial charge in [-0.3, -0.25) is 10.4 Å². The number of nitrogens with one attached hydrogen (secondary N) is 2. The number of aromatic nitrogens is 5. The number of H-pyrrole nitrogens is 1. The molecule has 0 fully saturated rings. The van der Waals surface area contributed by atoms with Crippen molar-refractivity contribution < 1.29 is 14.2 Å². The smallest absolute Gasteiger partial charge is 0.350 e. The standard InChI is InChI=1S/C26H29N7O4/c1-35-12-9-18-14-19(15-21(36-2)22(18)37-3)20(13-16-5-7-17(8-6-16)23(27)28)24-31-26(34)33(32-24)25-29-10-4-11-30-25/h4-8,10-11,14-15,20H,9,12-13H2,1-3H3,(H3,27,28)(H,31,32,34). The number of methoxy groups -OCH3 is 3. The normalized spacial score (nSPS) is 11.8. The topological polar surface area (TPSA) is 154 Å². The molecule has 0 saturated carbocycles. The Labute approximate surface area is 213 Å². The molecule has 1 unspecified atom stereocenters. The lowest BCUT2D eigenvalue weighted by Gasteiger charge is -2.20. The number of rotatable bonds is 11. The van der Waals surface area contributed by atoms with Crippen LogP contribution in [0.2, 0.25) is 0 Å². The molecule has 0 spiro atoms. The van der Waals surface area contributed by atoms with Crippen molar-refractivity contribution in [2.24, 2.45) is 5.73 Å². The lowest BCUT2D eigenvalue weighted by atomic mass is 9.89. The SMILES string of the molecule is COCCc1cc(C(Cc2ccc(C(=N)N)cc2)c2nn(-c3ncccn3)c(=O)[nH]2)cc(OC)c1OC. The van der Waals surface area contributed by atoms with Gasteiger partial charge in [-0.25, -0.2) is 14.8 Å². The number of nitrogen functional groups attached to an aromatic ring is 1. The van der Waals surface area contributed by atoms with E-state index in [0.29, 0.717) is 42.3 Å². The number of amidine groups is 1. The molecule has 1 atom stereocenters. The molecule has 0 radical (unpaired) electrons. The molecule has 2 aromatic carbocycles. The van der Waals surface area contributed by atoms with E-state index in [1.54, 1.807) is 51.9 Å². The summed E-state index contributed by atoms with van der Waals surface area (Å²) in [7, 11) is 4.82. The van der Waals surface area contributed by atoms with Crippen LogP contribution in [0.1, 0.15) is 34.0 Å². The third kappa shape index (κ3) is 5.67. The number of ether oxygens (including phenoxy) is 3. The third-order valence-electron chi connectivity index (χ3n) is 5.97. The molecule has 37 heavy (non-hydrogen) atoms. The van der Waals surface area contributed by atoms with Gasteiger partial charge >= 0.3 is 5.69 Å². The number of nitrogens with zero attached hydrogens (tertiary/aromatic N) is 4. The van der Waals surface area contributed by atoms with Gasteiger partial charge in [-0.1, -0.05) is 30.3 Å². The summed E-state index contributed by atoms with van der Waals surface area (Å²) in [6.45, 7) is 0.497. The molecule has 2 aromatic heterocycles. The molecule has 4 aromatic rings. The van der Waals surface area contributed by atoms with Gasteiger partial charge in [0.2, 0.25) is 0 Å². The van der Waals surface area contributed by atoms with Crippen LogP contribution in [0.3, 0.4) is 0 Å². The third-order valence-corrected chi connectivity index (χ3v) is 5.97. The molecule has 11 heteroatoms. The molecule has 0 aliphatic rings. The second kappa shape index (κ2) is 11.5. The van der Waals surface area contributed by atoms with Crippen molar-refractivity contribution in [2.45, 2.75) is 18.8 Å². The quantitative estimate of drug-likeness (QED) is 0.208. The highest BCUT2D eigenvalue weighted by Gasteiger charge is 2.24. The Kier molecular flexibility index (Phi) is 7.94. The summed E-state index contributed by atoms with van der Waals surface area (Å²) in [5.41, 5.74) is 8.55. The number of hydrogen-bond donors (Lipinski definition) is 3. The first-order valence-electron chi connectivity index (χ1n) is 11.6. The fourth-order valence-corrected chi connectivity index (χ4v) is 4.13. The number of nitrogens with two attached hydrogens (primary N) is 1. The van der Waals surface area contributed by atoms with Crippen LogP contribution in [-0.2, 0) is 17.6 Å². The lowest BCUT2D eigenvalue weighted by Crippen LogP contribution is -2.18. The average Bonchev–Trinajstić information content (AvgIpc) is 3.31. The van der Waals surface area contributed by atoms with Crippen molar-refractivity contribution in [1.82, 2.24) is 24.7 Å². The van der Waals surface area contributed by atoms with Crippen molar-refractivity contribution >= 4 is 5.84 Å². The zero-order chi connectivity index (χ0) is 26.4. The van der Waals surface area contributed by atoms with Crippen LogP contribution in [0.4, 0.5) is 0 Å². The van der Waals surface area contributed by atoms with Crippen molar-refractivity contribution in [3.63, 3.8) is 0 Å². The van der Waals surface area contributed by atoms with Crippen LogP contribution < -0.4 is 20.9 Å². The molecule has 0 saturated heterocycles. The summed E-state index contributed by atoms with van der Waals surface area (Å²) in [4.78, 5) is 24.0. The van der Waals surface area contributed by atoms with Crippen LogP contribution in [-0.4, -0.2) is 58.5 Å². The van der Waals surface area contributed by atoms with Gasteiger partial charge in [-0.2, -0.15) is 0 Å². The summed E-state index contributed by atoms with van der Waals surface area (Å²) in [6, 6.07) is 13.0. The molecule has 2 heterocycles. The monoisotopic (exact) mass is 503 g/mol. The molecule has 11 nitrogen and oxygen atoms in total. The molecule has 0 amide bonds. The van der Waals surface area contributed by atoms with E-state index in [4.69, 9.17) is 25.4 Å². The van der Waals surface area contributed by atoms with E-state index in [1.165, 1.54) is 0 Å². The molecular weight excluding hydrogens is 474 g/mol. The van der Waals surface area contributed by atoms with Crippen LogP contribution in [0, 0.1) is 5.41 Å². The van der Waals surface area contributed by atoms with E-state index in [-0.39, 0.29) is 17.7 Å². The van der Waals surface area contributed by atoms with Crippen molar-refractivity contribution in [1.29, 1.82) is 5.41 Å². The van der Waals surface area contributed by atoms with Crippen LogP contribution >= 0.6 is 0 Å². The first-order chi connectivity index (χ1) is 17.9. The molecule has 4 rings (SSSR count). The first kappa shape index (κ1) is 25.6. The fraction of sp³-hybridized carbons (Fsp3) is 0.269. The molecule has 0 aliphatic carbocycles. The predicted molar refractivity (Wildman–Crippen MR) is 138 cm³/mol. The number of aromatic amines is 1. The maximum atomic E-state index is 12.8. The maximum absolute atomic E-state index is 12.8. The highest BCUT2D eigenvalue weighted by molar-refractivity contribution is 5.94. The Balaban J connectivity index is 1.83. The Morgan fingerprint density at radius 1 is 1.11 bits per heavy atom. The number of benzene rings is 2. The Hall–Kier alpha value is -4.51. The van der Waals surface area contributed by atoms with E-state index in [0.717, 1.165) is 21.4 Å². The van der Waals surface area contributed by atoms with E-state index >= 15 is 0 Å². The minimum absolute atomic E-state index is 0.00305. The van der Waals surface area contributed by atoms with Gasteiger partial charge in [0.1, 0.15) is 11.7 Å². The summed E-state index contributed by atoms with van der Waals surface area (Å²) in [5, 5.41) is 12.2. The van der Waals surface area contributed by atoms with Gasteiger partial charge in [0.05, 0.1) is 20.8 Å². The van der Waals surface area contributed by atoms with Crippen molar-refractivity contribution in [3.05, 3.63) is 93.4 Å². The molecule has 0 aliphatic heterocycles. The van der Waals surface area contributed by atoms with Gasteiger partial charge in [-0.15, -0.1) is 9.78 Å². The second-order valence-corrected chi connectivity index (χ2v) is 8.30. The maximum Gasteiger partial charge on any atom is 0.350 e. The van der Waals surface area contributed by atoms with Crippen molar-refractivity contribution in [2.75, 3.05) is 27.9 Å². The first-order valence-corrected chi connectivity index (χ1v) is 11.6. The Morgan fingerprint density at radius 2 is 1.84 bits per heavy atom. The minimum Gasteiger partial charge on any atom is -0.493 e. The molecule has 0 bridgehead atoms. The van der Waals surface area contributed by atoms with Gasteiger partial charge in [-0.05, 0) is 36.1 Å². The van der Waals surface area contributed by atoms with Crippen LogP contribution in [0.5, 0.6) is 11.5 Å². The van der Waals surface area contributed by atoms with Gasteiger partial charge < -0.3 is 19.9 Å².